The molecule has 27 heavy (non-hydrogen) atoms. The summed E-state index contributed by atoms with van der Waals surface area (Å²) < 4.78 is 1.63. The molecule has 138 valence electrons. The van der Waals surface area contributed by atoms with Crippen LogP contribution in [0.5, 0.6) is 0 Å². The number of carbonyl (C=O) groups excluding carboxylic acids is 2. The highest BCUT2D eigenvalue weighted by Crippen LogP contribution is 2.30. The quantitative estimate of drug-likeness (QED) is 0.776. The fourth-order valence-corrected chi connectivity index (χ4v) is 3.46. The number of carbonyl (C=O) groups is 2. The molecule has 3 heterocycles. The Labute approximate surface area is 157 Å². The van der Waals surface area contributed by atoms with Crippen LogP contribution in [0.3, 0.4) is 0 Å². The lowest BCUT2D eigenvalue weighted by molar-refractivity contribution is -0.122. The van der Waals surface area contributed by atoms with E-state index in [0.29, 0.717) is 18.1 Å². The molecule has 3 aromatic rings. The highest BCUT2D eigenvalue weighted by Gasteiger charge is 2.35. The SMILES string of the molecule is Cc1nc2ccc(NC(=O)C3CC(=O)N(c4cccc(C)c4C)C3)cn2n1. The van der Waals surface area contributed by atoms with Crippen molar-refractivity contribution in [3.8, 4) is 0 Å². The van der Waals surface area contributed by atoms with E-state index >= 15 is 0 Å². The Bertz CT molecular complexity index is 1060. The second-order valence-corrected chi connectivity index (χ2v) is 6.99. The third-order valence-electron chi connectivity index (χ3n) is 5.07. The maximum Gasteiger partial charge on any atom is 0.229 e. The summed E-state index contributed by atoms with van der Waals surface area (Å²) in [5.41, 5.74) is 4.44. The Balaban J connectivity index is 1.50. The summed E-state index contributed by atoms with van der Waals surface area (Å²) in [6.45, 7) is 6.23. The zero-order valence-electron chi connectivity index (χ0n) is 15.6. The van der Waals surface area contributed by atoms with Crippen LogP contribution in [0.25, 0.3) is 5.65 Å². The van der Waals surface area contributed by atoms with E-state index in [0.717, 1.165) is 22.5 Å². The van der Waals surface area contributed by atoms with Gasteiger partial charge >= 0.3 is 0 Å². The number of benzene rings is 1. The third-order valence-corrected chi connectivity index (χ3v) is 5.07. The Morgan fingerprint density at radius 3 is 2.81 bits per heavy atom. The van der Waals surface area contributed by atoms with Gasteiger partial charge in [0, 0.05) is 18.7 Å². The maximum absolute atomic E-state index is 12.7. The molecule has 1 aromatic carbocycles. The van der Waals surface area contributed by atoms with Crippen molar-refractivity contribution in [1.82, 2.24) is 14.6 Å². The van der Waals surface area contributed by atoms with Crippen molar-refractivity contribution >= 4 is 28.8 Å². The van der Waals surface area contributed by atoms with Gasteiger partial charge in [0.15, 0.2) is 5.65 Å². The second kappa shape index (κ2) is 6.50. The van der Waals surface area contributed by atoms with Gasteiger partial charge in [-0.3, -0.25) is 9.59 Å². The van der Waals surface area contributed by atoms with Gasteiger partial charge in [-0.1, -0.05) is 12.1 Å². The molecule has 2 amide bonds. The van der Waals surface area contributed by atoms with Crippen molar-refractivity contribution in [2.45, 2.75) is 27.2 Å². The Morgan fingerprint density at radius 2 is 2.00 bits per heavy atom. The highest BCUT2D eigenvalue weighted by molar-refractivity contribution is 6.03. The van der Waals surface area contributed by atoms with Gasteiger partial charge in [0.1, 0.15) is 5.82 Å². The van der Waals surface area contributed by atoms with E-state index in [1.54, 1.807) is 27.7 Å². The first kappa shape index (κ1) is 17.2. The molecular weight excluding hydrogens is 342 g/mol. The first-order chi connectivity index (χ1) is 12.9. The largest absolute Gasteiger partial charge is 0.324 e. The molecule has 7 heteroatoms. The molecule has 1 aliphatic heterocycles. The number of fused-ring (bicyclic) bond motifs is 1. The number of aromatic nitrogens is 3. The molecule has 1 unspecified atom stereocenters. The van der Waals surface area contributed by atoms with Crippen molar-refractivity contribution in [2.24, 2.45) is 5.92 Å². The Morgan fingerprint density at radius 1 is 1.19 bits per heavy atom. The molecule has 2 aromatic heterocycles. The molecule has 1 N–H and O–H groups in total. The molecule has 7 nitrogen and oxygen atoms in total. The first-order valence-electron chi connectivity index (χ1n) is 8.93. The van der Waals surface area contributed by atoms with Crippen molar-refractivity contribution in [1.29, 1.82) is 0 Å². The number of anilines is 2. The number of amides is 2. The minimum atomic E-state index is -0.384. The summed E-state index contributed by atoms with van der Waals surface area (Å²) in [6, 6.07) is 9.49. The van der Waals surface area contributed by atoms with Gasteiger partial charge in [-0.25, -0.2) is 9.50 Å². The average molecular weight is 363 g/mol. The van der Waals surface area contributed by atoms with Crippen LogP contribution in [0.2, 0.25) is 0 Å². The number of hydrogen-bond donors (Lipinski definition) is 1. The molecule has 0 saturated carbocycles. The zero-order chi connectivity index (χ0) is 19.1. The lowest BCUT2D eigenvalue weighted by Crippen LogP contribution is -2.28. The van der Waals surface area contributed by atoms with Crippen LogP contribution < -0.4 is 10.2 Å². The lowest BCUT2D eigenvalue weighted by atomic mass is 10.1. The lowest BCUT2D eigenvalue weighted by Gasteiger charge is -2.20. The highest BCUT2D eigenvalue weighted by atomic mass is 16.2. The molecule has 4 rings (SSSR count). The third kappa shape index (κ3) is 3.16. The van der Waals surface area contributed by atoms with Crippen molar-refractivity contribution in [3.05, 3.63) is 53.5 Å². The number of rotatable bonds is 3. The summed E-state index contributed by atoms with van der Waals surface area (Å²) in [5, 5.41) is 7.15. The van der Waals surface area contributed by atoms with E-state index in [1.165, 1.54) is 0 Å². The van der Waals surface area contributed by atoms with Crippen LogP contribution in [0.15, 0.2) is 36.5 Å². The van der Waals surface area contributed by atoms with Crippen LogP contribution in [-0.2, 0) is 9.59 Å². The van der Waals surface area contributed by atoms with E-state index in [1.807, 2.05) is 39.0 Å². The Kier molecular flexibility index (Phi) is 4.14. The number of aryl methyl sites for hydroxylation is 2. The van der Waals surface area contributed by atoms with Crippen LogP contribution in [0.4, 0.5) is 11.4 Å². The van der Waals surface area contributed by atoms with Crippen molar-refractivity contribution < 1.29 is 9.59 Å². The molecule has 1 aliphatic rings. The standard InChI is InChI=1S/C20H21N5O2/c1-12-5-4-6-17(13(12)2)24-10-15(9-19(24)26)20(27)22-16-7-8-18-21-14(3)23-25(18)11-16/h4-8,11,15H,9-10H2,1-3H3,(H,22,27). The van der Waals surface area contributed by atoms with E-state index < -0.39 is 0 Å². The smallest absolute Gasteiger partial charge is 0.229 e. The predicted molar refractivity (Wildman–Crippen MR) is 103 cm³/mol. The second-order valence-electron chi connectivity index (χ2n) is 6.99. The van der Waals surface area contributed by atoms with Crippen molar-refractivity contribution in [2.75, 3.05) is 16.8 Å². The number of hydrogen-bond acceptors (Lipinski definition) is 4. The average Bonchev–Trinajstić information content (AvgIpc) is 3.19. The van der Waals surface area contributed by atoms with Gasteiger partial charge in [0.2, 0.25) is 11.8 Å². The predicted octanol–water partition coefficient (Wildman–Crippen LogP) is 2.65. The zero-order valence-corrected chi connectivity index (χ0v) is 15.6. The van der Waals surface area contributed by atoms with Gasteiger partial charge in [-0.05, 0) is 50.1 Å². The fraction of sp³-hybridized carbons (Fsp3) is 0.300. The molecule has 0 radical (unpaired) electrons. The van der Waals surface area contributed by atoms with Crippen LogP contribution in [0.1, 0.15) is 23.4 Å². The number of pyridine rings is 1. The minimum Gasteiger partial charge on any atom is -0.324 e. The van der Waals surface area contributed by atoms with Crippen LogP contribution in [-0.4, -0.2) is 33.0 Å². The Hall–Kier alpha value is -3.22. The van der Waals surface area contributed by atoms with Crippen LogP contribution >= 0.6 is 0 Å². The molecule has 1 fully saturated rings. The van der Waals surface area contributed by atoms with Gasteiger partial charge in [-0.15, -0.1) is 0 Å². The van der Waals surface area contributed by atoms with Gasteiger partial charge in [-0.2, -0.15) is 5.10 Å². The summed E-state index contributed by atoms with van der Waals surface area (Å²) in [4.78, 5) is 31.2. The molecule has 1 atom stereocenters. The van der Waals surface area contributed by atoms with E-state index in [4.69, 9.17) is 0 Å². The minimum absolute atomic E-state index is 0.0220. The topological polar surface area (TPSA) is 79.6 Å². The molecule has 1 saturated heterocycles. The van der Waals surface area contributed by atoms with Gasteiger partial charge < -0.3 is 10.2 Å². The van der Waals surface area contributed by atoms with Gasteiger partial charge in [0.05, 0.1) is 17.8 Å². The first-order valence-corrected chi connectivity index (χ1v) is 8.93. The van der Waals surface area contributed by atoms with E-state index in [-0.39, 0.29) is 24.2 Å². The maximum atomic E-state index is 12.7. The summed E-state index contributed by atoms with van der Waals surface area (Å²) in [5.74, 6) is 0.105. The summed E-state index contributed by atoms with van der Waals surface area (Å²) in [7, 11) is 0. The van der Waals surface area contributed by atoms with E-state index in [9.17, 15) is 9.59 Å². The molecule has 0 bridgehead atoms. The number of nitrogens with zero attached hydrogens (tertiary/aromatic N) is 4. The monoisotopic (exact) mass is 363 g/mol. The molecular formula is C20H21N5O2. The summed E-state index contributed by atoms with van der Waals surface area (Å²) in [6.07, 6.45) is 1.94. The fourth-order valence-electron chi connectivity index (χ4n) is 3.46. The van der Waals surface area contributed by atoms with E-state index in [2.05, 4.69) is 15.4 Å². The number of nitrogens with one attached hydrogen (secondary N) is 1. The molecule has 0 aliphatic carbocycles. The normalized spacial score (nSPS) is 16.9. The van der Waals surface area contributed by atoms with Crippen LogP contribution in [0, 0.1) is 26.7 Å². The van der Waals surface area contributed by atoms with Gasteiger partial charge in [0.25, 0.3) is 0 Å². The molecule has 0 spiro atoms. The summed E-state index contributed by atoms with van der Waals surface area (Å²) >= 11 is 0. The van der Waals surface area contributed by atoms with Crippen molar-refractivity contribution in [3.63, 3.8) is 0 Å².